The molecule has 1 aromatic carbocycles. The van der Waals surface area contributed by atoms with E-state index >= 15 is 0 Å². The molecule has 140 valence electrons. The minimum absolute atomic E-state index is 0.0486. The molecule has 0 bridgehead atoms. The minimum atomic E-state index is -3.62. The number of benzene rings is 1. The van der Waals surface area contributed by atoms with Crippen LogP contribution >= 0.6 is 23.4 Å². The third kappa shape index (κ3) is 5.16. The number of amides is 1. The number of thioether (sulfide) groups is 1. The van der Waals surface area contributed by atoms with Crippen molar-refractivity contribution in [3.63, 3.8) is 0 Å². The SMILES string of the molecule is Cc1cc(C)nc(SCC(=O)Nc2cc(S(=O)(=O)N(C)C)ccc2Cl)n1. The van der Waals surface area contributed by atoms with Gasteiger partial charge < -0.3 is 5.32 Å². The van der Waals surface area contributed by atoms with Crippen molar-refractivity contribution in [3.8, 4) is 0 Å². The fourth-order valence-electron chi connectivity index (χ4n) is 2.05. The molecule has 0 radical (unpaired) electrons. The molecule has 1 aromatic heterocycles. The molecule has 1 N–H and O–H groups in total. The first-order chi connectivity index (χ1) is 12.1. The summed E-state index contributed by atoms with van der Waals surface area (Å²) in [6.45, 7) is 3.71. The molecule has 0 aliphatic carbocycles. The van der Waals surface area contributed by atoms with Crippen molar-refractivity contribution in [1.29, 1.82) is 0 Å². The normalized spacial score (nSPS) is 11.6. The molecule has 1 heterocycles. The van der Waals surface area contributed by atoms with Gasteiger partial charge in [-0.05, 0) is 38.1 Å². The molecule has 0 unspecified atom stereocenters. The van der Waals surface area contributed by atoms with Crippen LogP contribution in [0, 0.1) is 13.8 Å². The van der Waals surface area contributed by atoms with E-state index in [2.05, 4.69) is 15.3 Å². The highest BCUT2D eigenvalue weighted by Crippen LogP contribution is 2.26. The van der Waals surface area contributed by atoms with Crippen molar-refractivity contribution in [2.45, 2.75) is 23.9 Å². The van der Waals surface area contributed by atoms with Crippen LogP contribution in [0.1, 0.15) is 11.4 Å². The zero-order valence-corrected chi connectivity index (χ0v) is 17.2. The fourth-order valence-corrected chi connectivity index (χ4v) is 3.89. The first-order valence-electron chi connectivity index (χ1n) is 7.56. The molecule has 0 atom stereocenters. The number of sulfonamides is 1. The van der Waals surface area contributed by atoms with Crippen molar-refractivity contribution in [1.82, 2.24) is 14.3 Å². The van der Waals surface area contributed by atoms with Gasteiger partial charge >= 0.3 is 0 Å². The van der Waals surface area contributed by atoms with Gasteiger partial charge in [0.15, 0.2) is 5.16 Å². The molecule has 7 nitrogen and oxygen atoms in total. The van der Waals surface area contributed by atoms with Crippen molar-refractivity contribution in [3.05, 3.63) is 40.7 Å². The van der Waals surface area contributed by atoms with Crippen LogP contribution in [0.3, 0.4) is 0 Å². The van der Waals surface area contributed by atoms with Crippen LogP contribution in [0.5, 0.6) is 0 Å². The largest absolute Gasteiger partial charge is 0.324 e. The van der Waals surface area contributed by atoms with Gasteiger partial charge in [0.1, 0.15) is 0 Å². The highest BCUT2D eigenvalue weighted by Gasteiger charge is 2.19. The summed E-state index contributed by atoms with van der Waals surface area (Å²) in [6, 6.07) is 6.02. The number of hydrogen-bond donors (Lipinski definition) is 1. The summed E-state index contributed by atoms with van der Waals surface area (Å²) < 4.78 is 25.5. The van der Waals surface area contributed by atoms with Gasteiger partial charge in [-0.2, -0.15) is 0 Å². The first-order valence-corrected chi connectivity index (χ1v) is 10.4. The van der Waals surface area contributed by atoms with Crippen LogP contribution in [0.4, 0.5) is 5.69 Å². The lowest BCUT2D eigenvalue weighted by Gasteiger charge is -2.13. The van der Waals surface area contributed by atoms with Crippen molar-refractivity contribution < 1.29 is 13.2 Å². The lowest BCUT2D eigenvalue weighted by molar-refractivity contribution is -0.113. The van der Waals surface area contributed by atoms with Crippen LogP contribution < -0.4 is 5.32 Å². The smallest absolute Gasteiger partial charge is 0.242 e. The summed E-state index contributed by atoms with van der Waals surface area (Å²) in [7, 11) is -0.752. The van der Waals surface area contributed by atoms with Gasteiger partial charge in [-0.15, -0.1) is 0 Å². The molecule has 0 aliphatic heterocycles. The predicted octanol–water partition coefficient (Wildman–Crippen LogP) is 2.73. The third-order valence-corrected chi connectivity index (χ3v) is 6.27. The second-order valence-electron chi connectivity index (χ2n) is 5.70. The summed E-state index contributed by atoms with van der Waals surface area (Å²) in [5, 5.41) is 3.39. The molecular formula is C16H19ClN4O3S2. The zero-order chi connectivity index (χ0) is 19.5. The first kappa shape index (κ1) is 20.6. The Morgan fingerprint density at radius 1 is 1.19 bits per heavy atom. The van der Waals surface area contributed by atoms with Crippen molar-refractivity contribution in [2.75, 3.05) is 25.2 Å². The van der Waals surface area contributed by atoms with E-state index in [9.17, 15) is 13.2 Å². The summed E-state index contributed by atoms with van der Waals surface area (Å²) in [4.78, 5) is 20.8. The lowest BCUT2D eigenvalue weighted by atomic mass is 10.3. The van der Waals surface area contributed by atoms with Gasteiger partial charge in [0, 0.05) is 25.5 Å². The zero-order valence-electron chi connectivity index (χ0n) is 14.8. The number of hydrogen-bond acceptors (Lipinski definition) is 6. The number of aromatic nitrogens is 2. The van der Waals surface area contributed by atoms with E-state index in [0.29, 0.717) is 5.16 Å². The topological polar surface area (TPSA) is 92.3 Å². The number of anilines is 1. The Bertz CT molecular complexity index is 913. The molecule has 10 heteroatoms. The fraction of sp³-hybridized carbons (Fsp3) is 0.312. The molecule has 0 aliphatic rings. The van der Waals surface area contributed by atoms with Crippen LogP contribution in [-0.2, 0) is 14.8 Å². The Balaban J connectivity index is 2.11. The number of rotatable bonds is 6. The Kier molecular flexibility index (Phi) is 6.62. The average Bonchev–Trinajstić information content (AvgIpc) is 2.54. The molecule has 0 saturated heterocycles. The van der Waals surface area contributed by atoms with E-state index in [1.165, 1.54) is 44.1 Å². The molecule has 0 spiro atoms. The number of halogens is 1. The number of nitrogens with zero attached hydrogens (tertiary/aromatic N) is 3. The van der Waals surface area contributed by atoms with Gasteiger partial charge in [-0.3, -0.25) is 4.79 Å². The maximum absolute atomic E-state index is 12.2. The van der Waals surface area contributed by atoms with E-state index in [1.807, 2.05) is 19.9 Å². The standard InChI is InChI=1S/C16H19ClN4O3S2/c1-10-7-11(2)19-16(18-10)25-9-15(22)20-14-8-12(5-6-13(14)17)26(23,24)21(3)4/h5-8H,9H2,1-4H3,(H,20,22). The van der Waals surface area contributed by atoms with E-state index in [4.69, 9.17) is 11.6 Å². The lowest BCUT2D eigenvalue weighted by Crippen LogP contribution is -2.22. The van der Waals surface area contributed by atoms with Gasteiger partial charge in [0.05, 0.1) is 21.4 Å². The van der Waals surface area contributed by atoms with Gasteiger partial charge in [-0.1, -0.05) is 23.4 Å². The van der Waals surface area contributed by atoms with Crippen LogP contribution in [0.2, 0.25) is 5.02 Å². The maximum Gasteiger partial charge on any atom is 0.242 e. The quantitative estimate of drug-likeness (QED) is 0.577. The predicted molar refractivity (Wildman–Crippen MR) is 103 cm³/mol. The molecular weight excluding hydrogens is 396 g/mol. The number of nitrogens with one attached hydrogen (secondary N) is 1. The highest BCUT2D eigenvalue weighted by molar-refractivity contribution is 7.99. The van der Waals surface area contributed by atoms with Gasteiger partial charge in [0.25, 0.3) is 0 Å². The number of carbonyl (C=O) groups is 1. The monoisotopic (exact) mass is 414 g/mol. The van der Waals surface area contributed by atoms with E-state index < -0.39 is 10.0 Å². The Labute approximate surface area is 162 Å². The van der Waals surface area contributed by atoms with Crippen LogP contribution in [-0.4, -0.2) is 48.4 Å². The number of carbonyl (C=O) groups excluding carboxylic acids is 1. The Morgan fingerprint density at radius 3 is 2.38 bits per heavy atom. The van der Waals surface area contributed by atoms with Gasteiger partial charge in [0.2, 0.25) is 15.9 Å². The molecule has 1 amide bonds. The van der Waals surface area contributed by atoms with Gasteiger partial charge in [-0.25, -0.2) is 22.7 Å². The van der Waals surface area contributed by atoms with E-state index in [0.717, 1.165) is 15.7 Å². The summed E-state index contributed by atoms with van der Waals surface area (Å²) in [5.74, 6) is -0.261. The minimum Gasteiger partial charge on any atom is -0.324 e. The van der Waals surface area contributed by atoms with E-state index in [1.54, 1.807) is 0 Å². The second-order valence-corrected chi connectivity index (χ2v) is 9.20. The third-order valence-electron chi connectivity index (χ3n) is 3.28. The van der Waals surface area contributed by atoms with Crippen molar-refractivity contribution in [2.24, 2.45) is 0 Å². The van der Waals surface area contributed by atoms with Crippen molar-refractivity contribution >= 4 is 45.0 Å². The molecule has 0 saturated carbocycles. The Hall–Kier alpha value is -1.68. The molecule has 0 fully saturated rings. The average molecular weight is 415 g/mol. The summed E-state index contributed by atoms with van der Waals surface area (Å²) in [5.41, 5.74) is 1.89. The summed E-state index contributed by atoms with van der Waals surface area (Å²) >= 11 is 7.27. The Morgan fingerprint density at radius 2 is 1.81 bits per heavy atom. The van der Waals surface area contributed by atoms with E-state index in [-0.39, 0.29) is 27.3 Å². The highest BCUT2D eigenvalue weighted by atomic mass is 35.5. The second kappa shape index (κ2) is 8.34. The van der Waals surface area contributed by atoms with Crippen LogP contribution in [0.15, 0.2) is 34.3 Å². The summed E-state index contributed by atoms with van der Waals surface area (Å²) in [6.07, 6.45) is 0. The van der Waals surface area contributed by atoms with Crippen LogP contribution in [0.25, 0.3) is 0 Å². The molecule has 2 aromatic rings. The molecule has 2 rings (SSSR count). The molecule has 26 heavy (non-hydrogen) atoms. The maximum atomic E-state index is 12.2. The number of aryl methyl sites for hydroxylation is 2.